The van der Waals surface area contributed by atoms with E-state index >= 15 is 0 Å². The van der Waals surface area contributed by atoms with E-state index in [-0.39, 0.29) is 12.0 Å². The zero-order valence-corrected chi connectivity index (χ0v) is 12.6. The standard InChI is InChI=1S/C19H20N2O/c20-11-12-21-13-14-22-15-18(21)19(16-7-3-1-4-8-16)17-9-5-2-6-10-17/h1-10,18-19H,12-15H2. The third kappa shape index (κ3) is 3.19. The van der Waals surface area contributed by atoms with E-state index < -0.39 is 0 Å². The van der Waals surface area contributed by atoms with Crippen LogP contribution in [0, 0.1) is 11.3 Å². The van der Waals surface area contributed by atoms with Gasteiger partial charge in [-0.15, -0.1) is 0 Å². The van der Waals surface area contributed by atoms with Gasteiger partial charge in [0.25, 0.3) is 0 Å². The van der Waals surface area contributed by atoms with Gasteiger partial charge in [0, 0.05) is 18.5 Å². The summed E-state index contributed by atoms with van der Waals surface area (Å²) in [6.45, 7) is 2.63. The Hall–Kier alpha value is -2.15. The van der Waals surface area contributed by atoms with Crippen molar-refractivity contribution in [2.24, 2.45) is 0 Å². The number of rotatable bonds is 4. The molecule has 0 aliphatic carbocycles. The van der Waals surface area contributed by atoms with Gasteiger partial charge >= 0.3 is 0 Å². The highest BCUT2D eigenvalue weighted by Gasteiger charge is 2.32. The third-order valence-corrected chi connectivity index (χ3v) is 4.26. The van der Waals surface area contributed by atoms with Gasteiger partial charge in [0.05, 0.1) is 25.8 Å². The first-order valence-electron chi connectivity index (χ1n) is 7.69. The van der Waals surface area contributed by atoms with Crippen molar-refractivity contribution in [1.29, 1.82) is 5.26 Å². The molecular formula is C19H20N2O. The second-order valence-electron chi connectivity index (χ2n) is 5.57. The maximum atomic E-state index is 9.13. The summed E-state index contributed by atoms with van der Waals surface area (Å²) in [6, 6.07) is 23.5. The highest BCUT2D eigenvalue weighted by Crippen LogP contribution is 2.32. The summed E-state index contributed by atoms with van der Waals surface area (Å²) in [5.41, 5.74) is 2.54. The maximum Gasteiger partial charge on any atom is 0.0870 e. The van der Waals surface area contributed by atoms with Gasteiger partial charge in [-0.1, -0.05) is 60.7 Å². The van der Waals surface area contributed by atoms with Crippen molar-refractivity contribution in [3.63, 3.8) is 0 Å². The highest BCUT2D eigenvalue weighted by molar-refractivity contribution is 5.34. The molecule has 0 N–H and O–H groups in total. The monoisotopic (exact) mass is 292 g/mol. The molecule has 0 amide bonds. The molecule has 2 aromatic carbocycles. The maximum absolute atomic E-state index is 9.13. The molecule has 1 aliphatic heterocycles. The molecule has 3 rings (SSSR count). The number of nitrogens with zero attached hydrogens (tertiary/aromatic N) is 2. The Morgan fingerprint density at radius 1 is 1.05 bits per heavy atom. The summed E-state index contributed by atoms with van der Waals surface area (Å²) in [5, 5.41) is 9.13. The Labute approximate surface area is 131 Å². The van der Waals surface area contributed by atoms with Crippen LogP contribution in [0.2, 0.25) is 0 Å². The number of nitriles is 1. The van der Waals surface area contributed by atoms with Crippen molar-refractivity contribution in [3.05, 3.63) is 71.8 Å². The fourth-order valence-corrected chi connectivity index (χ4v) is 3.21. The summed E-state index contributed by atoms with van der Waals surface area (Å²) < 4.78 is 5.73. The average molecular weight is 292 g/mol. The number of hydrogen-bond donors (Lipinski definition) is 0. The second kappa shape index (κ2) is 7.22. The minimum Gasteiger partial charge on any atom is -0.378 e. The van der Waals surface area contributed by atoms with E-state index in [0.717, 1.165) is 6.54 Å². The van der Waals surface area contributed by atoms with Crippen LogP contribution in [0.4, 0.5) is 0 Å². The van der Waals surface area contributed by atoms with E-state index in [1.165, 1.54) is 11.1 Å². The van der Waals surface area contributed by atoms with Gasteiger partial charge in [-0.25, -0.2) is 0 Å². The van der Waals surface area contributed by atoms with Crippen LogP contribution in [0.15, 0.2) is 60.7 Å². The Balaban J connectivity index is 1.99. The molecule has 3 nitrogen and oxygen atoms in total. The summed E-state index contributed by atoms with van der Waals surface area (Å²) >= 11 is 0. The number of benzene rings is 2. The van der Waals surface area contributed by atoms with Gasteiger partial charge in [-0.3, -0.25) is 4.90 Å². The van der Waals surface area contributed by atoms with Crippen LogP contribution in [0.5, 0.6) is 0 Å². The summed E-state index contributed by atoms with van der Waals surface area (Å²) in [5.74, 6) is 0.219. The fourth-order valence-electron chi connectivity index (χ4n) is 3.21. The molecule has 1 unspecified atom stereocenters. The Kier molecular flexibility index (Phi) is 4.85. The summed E-state index contributed by atoms with van der Waals surface area (Å²) in [6.07, 6.45) is 0. The molecule has 112 valence electrons. The average Bonchev–Trinajstić information content (AvgIpc) is 2.59. The number of morpholine rings is 1. The minimum atomic E-state index is 0.193. The lowest BCUT2D eigenvalue weighted by atomic mass is 9.84. The van der Waals surface area contributed by atoms with Crippen molar-refractivity contribution in [2.45, 2.75) is 12.0 Å². The van der Waals surface area contributed by atoms with E-state index in [0.29, 0.717) is 19.8 Å². The van der Waals surface area contributed by atoms with Crippen LogP contribution >= 0.6 is 0 Å². The van der Waals surface area contributed by atoms with Crippen LogP contribution < -0.4 is 0 Å². The van der Waals surface area contributed by atoms with Crippen LogP contribution in [-0.2, 0) is 4.74 Å². The first-order valence-corrected chi connectivity index (χ1v) is 7.69. The topological polar surface area (TPSA) is 36.3 Å². The van der Waals surface area contributed by atoms with Gasteiger partial charge in [0.1, 0.15) is 0 Å². The normalized spacial score (nSPS) is 19.0. The van der Waals surface area contributed by atoms with Crippen molar-refractivity contribution in [1.82, 2.24) is 4.90 Å². The van der Waals surface area contributed by atoms with E-state index in [2.05, 4.69) is 59.5 Å². The molecule has 0 bridgehead atoms. The lowest BCUT2D eigenvalue weighted by Gasteiger charge is -2.39. The molecule has 3 heteroatoms. The van der Waals surface area contributed by atoms with E-state index in [4.69, 9.17) is 10.00 Å². The van der Waals surface area contributed by atoms with Gasteiger partial charge in [-0.2, -0.15) is 5.26 Å². The summed E-state index contributed by atoms with van der Waals surface area (Å²) in [7, 11) is 0. The van der Waals surface area contributed by atoms with Crippen LogP contribution in [-0.4, -0.2) is 37.2 Å². The van der Waals surface area contributed by atoms with E-state index in [9.17, 15) is 0 Å². The molecule has 0 spiro atoms. The minimum absolute atomic E-state index is 0.193. The van der Waals surface area contributed by atoms with Gasteiger partial charge in [0.2, 0.25) is 0 Å². The molecule has 1 heterocycles. The molecule has 2 aromatic rings. The zero-order chi connectivity index (χ0) is 15.2. The first kappa shape index (κ1) is 14.8. The van der Waals surface area contributed by atoms with Crippen molar-refractivity contribution in [3.8, 4) is 6.07 Å². The fraction of sp³-hybridized carbons (Fsp3) is 0.316. The van der Waals surface area contributed by atoms with E-state index in [1.54, 1.807) is 0 Å². The quantitative estimate of drug-likeness (QED) is 0.813. The molecule has 0 radical (unpaired) electrons. The zero-order valence-electron chi connectivity index (χ0n) is 12.6. The van der Waals surface area contributed by atoms with Gasteiger partial charge < -0.3 is 4.74 Å². The van der Waals surface area contributed by atoms with Crippen LogP contribution in [0.25, 0.3) is 0 Å². The predicted octanol–water partition coefficient (Wildman–Crippen LogP) is 3.04. The van der Waals surface area contributed by atoms with Crippen LogP contribution in [0.1, 0.15) is 17.0 Å². The predicted molar refractivity (Wildman–Crippen MR) is 86.5 cm³/mol. The SMILES string of the molecule is N#CCN1CCOCC1C(c1ccccc1)c1ccccc1. The first-order chi connectivity index (χ1) is 10.9. The van der Waals surface area contributed by atoms with Crippen molar-refractivity contribution in [2.75, 3.05) is 26.3 Å². The third-order valence-electron chi connectivity index (χ3n) is 4.26. The molecule has 1 aliphatic rings. The lowest BCUT2D eigenvalue weighted by Crippen LogP contribution is -2.49. The lowest BCUT2D eigenvalue weighted by molar-refractivity contribution is -0.00671. The molecule has 22 heavy (non-hydrogen) atoms. The second-order valence-corrected chi connectivity index (χ2v) is 5.57. The Morgan fingerprint density at radius 3 is 2.18 bits per heavy atom. The largest absolute Gasteiger partial charge is 0.378 e. The van der Waals surface area contributed by atoms with Crippen molar-refractivity contribution >= 4 is 0 Å². The molecule has 0 saturated carbocycles. The number of hydrogen-bond acceptors (Lipinski definition) is 3. The molecule has 0 aromatic heterocycles. The smallest absolute Gasteiger partial charge is 0.0870 e. The van der Waals surface area contributed by atoms with Gasteiger partial charge in [-0.05, 0) is 11.1 Å². The summed E-state index contributed by atoms with van der Waals surface area (Å²) in [4.78, 5) is 2.24. The molecular weight excluding hydrogens is 272 g/mol. The van der Waals surface area contributed by atoms with E-state index in [1.807, 2.05) is 12.1 Å². The highest BCUT2D eigenvalue weighted by atomic mass is 16.5. The Bertz CT molecular complexity index is 581. The molecule has 1 saturated heterocycles. The Morgan fingerprint density at radius 2 is 1.64 bits per heavy atom. The van der Waals surface area contributed by atoms with Crippen molar-refractivity contribution < 1.29 is 4.74 Å². The van der Waals surface area contributed by atoms with Gasteiger partial charge in [0.15, 0.2) is 0 Å². The molecule has 1 fully saturated rings. The van der Waals surface area contributed by atoms with Crippen LogP contribution in [0.3, 0.4) is 0 Å². The number of ether oxygens (including phenoxy) is 1. The molecule has 1 atom stereocenters.